The van der Waals surface area contributed by atoms with E-state index in [1.807, 2.05) is 0 Å². The molecule has 0 aromatic rings. The van der Waals surface area contributed by atoms with Crippen molar-refractivity contribution >= 4 is 8.25 Å². The second-order valence-electron chi connectivity index (χ2n) is 1.51. The smallest absolute Gasteiger partial charge is 0.321 e. The Hall–Kier alpha value is 0.0700. The normalized spacial score (nSPS) is 13.4. The van der Waals surface area contributed by atoms with Gasteiger partial charge in [-0.05, 0) is 13.0 Å². The van der Waals surface area contributed by atoms with E-state index >= 15 is 0 Å². The Kier molecular flexibility index (Phi) is 7.23. The van der Waals surface area contributed by atoms with Crippen LogP contribution in [0.25, 0.3) is 0 Å². The summed E-state index contributed by atoms with van der Waals surface area (Å²) in [6, 6.07) is 0. The summed E-state index contributed by atoms with van der Waals surface area (Å²) < 4.78 is 19.3. The zero-order chi connectivity index (χ0) is 7.82. The van der Waals surface area contributed by atoms with Gasteiger partial charge < -0.3 is 15.4 Å². The van der Waals surface area contributed by atoms with Gasteiger partial charge in [0.05, 0.1) is 6.61 Å². The van der Waals surface area contributed by atoms with Gasteiger partial charge in [0, 0.05) is 0 Å². The second-order valence-corrected chi connectivity index (χ2v) is 2.59. The summed E-state index contributed by atoms with van der Waals surface area (Å²) in [4.78, 5) is 0. The van der Waals surface area contributed by atoms with Crippen molar-refractivity contribution in [3.05, 3.63) is 0 Å². The molecule has 3 N–H and O–H groups in total. The molecule has 0 aliphatic heterocycles. The first-order valence-electron chi connectivity index (χ1n) is 2.91. The Morgan fingerprint density at radius 3 is 2.70 bits per heavy atom. The average Bonchev–Trinajstić information content (AvgIpc) is 1.89. The third-order valence-electron chi connectivity index (χ3n) is 0.751. The number of nitrogens with two attached hydrogens (primary N) is 1. The molecule has 0 radical (unpaired) electrons. The molecular weight excluding hydrogens is 157 g/mol. The van der Waals surface area contributed by atoms with Crippen molar-refractivity contribution in [3.8, 4) is 0 Å². The standard InChI is InChI=1S/C4H12NO4P/c5-2-1-3-8-10(7)9-4-6/h6,10H,1-5H2. The van der Waals surface area contributed by atoms with E-state index in [4.69, 9.17) is 10.8 Å². The van der Waals surface area contributed by atoms with Crippen LogP contribution in [-0.4, -0.2) is 25.1 Å². The number of hydrogen-bond acceptors (Lipinski definition) is 5. The van der Waals surface area contributed by atoms with Crippen LogP contribution in [0.15, 0.2) is 0 Å². The summed E-state index contributed by atoms with van der Waals surface area (Å²) in [5.41, 5.74) is 5.13. The fourth-order valence-corrected chi connectivity index (χ4v) is 0.833. The molecule has 0 aromatic carbocycles. The van der Waals surface area contributed by atoms with Gasteiger partial charge in [0.25, 0.3) is 0 Å². The zero-order valence-corrected chi connectivity index (χ0v) is 6.58. The number of aliphatic hydroxyl groups is 1. The van der Waals surface area contributed by atoms with E-state index in [0.29, 0.717) is 19.6 Å². The summed E-state index contributed by atoms with van der Waals surface area (Å²) in [6.45, 7) is 0.239. The largest absolute Gasteiger partial charge is 0.370 e. The monoisotopic (exact) mass is 169 g/mol. The summed E-state index contributed by atoms with van der Waals surface area (Å²) in [7, 11) is -2.47. The molecule has 0 saturated heterocycles. The maximum atomic E-state index is 10.5. The van der Waals surface area contributed by atoms with Crippen molar-refractivity contribution in [3.63, 3.8) is 0 Å². The molecule has 0 saturated carbocycles. The molecule has 1 atom stereocenters. The van der Waals surface area contributed by atoms with Gasteiger partial charge in [-0.25, -0.2) is 0 Å². The van der Waals surface area contributed by atoms with Crippen LogP contribution < -0.4 is 5.73 Å². The summed E-state index contributed by atoms with van der Waals surface area (Å²) in [5.74, 6) is 0. The lowest BCUT2D eigenvalue weighted by Gasteiger charge is -2.00. The molecule has 5 nitrogen and oxygen atoms in total. The maximum absolute atomic E-state index is 10.5. The summed E-state index contributed by atoms with van der Waals surface area (Å²) in [6.07, 6.45) is 0.644. The molecule has 0 aliphatic carbocycles. The highest BCUT2D eigenvalue weighted by Crippen LogP contribution is 2.22. The summed E-state index contributed by atoms with van der Waals surface area (Å²) in [5, 5.41) is 8.09. The van der Waals surface area contributed by atoms with Crippen molar-refractivity contribution in [2.45, 2.75) is 6.42 Å². The van der Waals surface area contributed by atoms with Crippen LogP contribution in [-0.2, 0) is 13.6 Å². The molecule has 6 heteroatoms. The maximum Gasteiger partial charge on any atom is 0.321 e. The minimum Gasteiger partial charge on any atom is -0.370 e. The van der Waals surface area contributed by atoms with Crippen molar-refractivity contribution in [1.82, 2.24) is 0 Å². The van der Waals surface area contributed by atoms with Gasteiger partial charge in [0.1, 0.15) is 0 Å². The lowest BCUT2D eigenvalue weighted by molar-refractivity contribution is 0.0855. The van der Waals surface area contributed by atoms with Gasteiger partial charge in [-0.3, -0.25) is 9.09 Å². The van der Waals surface area contributed by atoms with Crippen molar-refractivity contribution in [2.75, 3.05) is 19.9 Å². The van der Waals surface area contributed by atoms with Crippen LogP contribution in [0.5, 0.6) is 0 Å². The second kappa shape index (κ2) is 7.18. The van der Waals surface area contributed by atoms with Crippen molar-refractivity contribution in [1.29, 1.82) is 0 Å². The third kappa shape index (κ3) is 6.19. The van der Waals surface area contributed by atoms with Crippen LogP contribution in [0.3, 0.4) is 0 Å². The van der Waals surface area contributed by atoms with E-state index in [9.17, 15) is 4.57 Å². The molecule has 1 unspecified atom stereocenters. The number of hydrogen-bond donors (Lipinski definition) is 2. The molecule has 0 bridgehead atoms. The quantitative estimate of drug-likeness (QED) is 0.324. The van der Waals surface area contributed by atoms with Crippen LogP contribution in [0.2, 0.25) is 0 Å². The fraction of sp³-hybridized carbons (Fsp3) is 1.00. The molecule has 0 amide bonds. The molecule has 10 heavy (non-hydrogen) atoms. The number of aliphatic hydroxyl groups excluding tert-OH is 1. The van der Waals surface area contributed by atoms with E-state index in [2.05, 4.69) is 9.05 Å². The minimum atomic E-state index is -2.47. The van der Waals surface area contributed by atoms with Gasteiger partial charge >= 0.3 is 8.25 Å². The first-order valence-corrected chi connectivity index (χ1v) is 4.14. The van der Waals surface area contributed by atoms with Gasteiger partial charge in [-0.2, -0.15) is 0 Å². The van der Waals surface area contributed by atoms with Gasteiger partial charge in [0.2, 0.25) is 0 Å². The third-order valence-corrected chi connectivity index (χ3v) is 1.56. The lowest BCUT2D eigenvalue weighted by atomic mass is 10.5. The minimum absolute atomic E-state index is 0.314. The van der Waals surface area contributed by atoms with Crippen molar-refractivity contribution in [2.24, 2.45) is 5.73 Å². The Balaban J connectivity index is 3.05. The van der Waals surface area contributed by atoms with Crippen LogP contribution >= 0.6 is 8.25 Å². The topological polar surface area (TPSA) is 81.8 Å². The molecular formula is C4H12NO4P. The van der Waals surface area contributed by atoms with E-state index in [-0.39, 0.29) is 0 Å². The van der Waals surface area contributed by atoms with Gasteiger partial charge in [-0.1, -0.05) is 0 Å². The predicted molar refractivity (Wildman–Crippen MR) is 36.8 cm³/mol. The van der Waals surface area contributed by atoms with Crippen LogP contribution in [0.1, 0.15) is 6.42 Å². The molecule has 0 rings (SSSR count). The van der Waals surface area contributed by atoms with E-state index in [1.165, 1.54) is 0 Å². The highest BCUT2D eigenvalue weighted by atomic mass is 31.1. The Labute approximate surface area is 60.1 Å². The van der Waals surface area contributed by atoms with E-state index in [0.717, 1.165) is 0 Å². The van der Waals surface area contributed by atoms with E-state index in [1.54, 1.807) is 0 Å². The molecule has 0 heterocycles. The summed E-state index contributed by atoms with van der Waals surface area (Å²) >= 11 is 0. The SMILES string of the molecule is NCCCO[PH](=O)OCO. The number of rotatable bonds is 6. The first-order chi connectivity index (χ1) is 4.81. The average molecular weight is 169 g/mol. The molecule has 0 spiro atoms. The Morgan fingerprint density at radius 1 is 1.50 bits per heavy atom. The molecule has 0 aromatic heterocycles. The highest BCUT2D eigenvalue weighted by molar-refractivity contribution is 7.33. The first kappa shape index (κ1) is 10.1. The van der Waals surface area contributed by atoms with Gasteiger partial charge in [-0.15, -0.1) is 0 Å². The zero-order valence-electron chi connectivity index (χ0n) is 5.58. The highest BCUT2D eigenvalue weighted by Gasteiger charge is 1.95. The van der Waals surface area contributed by atoms with Crippen molar-refractivity contribution < 1.29 is 18.7 Å². The van der Waals surface area contributed by atoms with E-state index < -0.39 is 15.0 Å². The predicted octanol–water partition coefficient (Wildman–Crippen LogP) is -0.292. The molecule has 0 aliphatic rings. The van der Waals surface area contributed by atoms with Crippen LogP contribution in [0.4, 0.5) is 0 Å². The molecule has 0 fully saturated rings. The molecule has 62 valence electrons. The van der Waals surface area contributed by atoms with Crippen LogP contribution in [0, 0.1) is 0 Å². The fourth-order valence-electron chi connectivity index (χ4n) is 0.333. The Morgan fingerprint density at radius 2 is 2.20 bits per heavy atom. The lowest BCUT2D eigenvalue weighted by Crippen LogP contribution is -2.01. The Bertz CT molecular complexity index is 99.3. The van der Waals surface area contributed by atoms with Gasteiger partial charge in [0.15, 0.2) is 6.79 Å².